The number of benzene rings is 3. The van der Waals surface area contributed by atoms with Crippen LogP contribution in [0.3, 0.4) is 0 Å². The highest BCUT2D eigenvalue weighted by molar-refractivity contribution is 6.07. The fourth-order valence-electron chi connectivity index (χ4n) is 6.98. The first-order valence-corrected chi connectivity index (χ1v) is 14.9. The molecule has 214 valence electrons. The van der Waals surface area contributed by atoms with Crippen molar-refractivity contribution >= 4 is 33.8 Å². The highest BCUT2D eigenvalue weighted by Gasteiger charge is 2.27. The van der Waals surface area contributed by atoms with Crippen molar-refractivity contribution in [3.05, 3.63) is 93.7 Å². The van der Waals surface area contributed by atoms with Gasteiger partial charge in [0.15, 0.2) is 0 Å². The van der Waals surface area contributed by atoms with Crippen LogP contribution in [0.2, 0.25) is 0 Å². The number of nitrogens with zero attached hydrogens (tertiary/aromatic N) is 5. The predicted molar refractivity (Wildman–Crippen MR) is 162 cm³/mol. The lowest BCUT2D eigenvalue weighted by atomic mass is 9.83. The van der Waals surface area contributed by atoms with E-state index in [4.69, 9.17) is 0 Å². The molecule has 8 rings (SSSR count). The van der Waals surface area contributed by atoms with Crippen LogP contribution in [0.15, 0.2) is 54.7 Å². The lowest BCUT2D eigenvalue weighted by Crippen LogP contribution is -2.36. The van der Waals surface area contributed by atoms with Crippen LogP contribution in [0.4, 0.5) is 0 Å². The standard InChI is InChI=1S/C34H35N5O3/c1-21-26-10-12-31-33(21)35-36-39(31)14-5-3-4-6-22-7-11-30-28(16-22)29(20-37(30)2)34(42)38-15-13-23-8-9-24(17-25(23)19-38)27(26)18-32(40)41/h7-12,16-17,20,27H,3-6,13-15,18-19H2,1-2H3,(H,40,41). The van der Waals surface area contributed by atoms with E-state index in [-0.39, 0.29) is 18.2 Å². The molecule has 0 saturated heterocycles. The second-order valence-electron chi connectivity index (χ2n) is 11.9. The van der Waals surface area contributed by atoms with Gasteiger partial charge in [0.05, 0.1) is 17.5 Å². The zero-order valence-corrected chi connectivity index (χ0v) is 24.1. The summed E-state index contributed by atoms with van der Waals surface area (Å²) in [5.74, 6) is -1.14. The third kappa shape index (κ3) is 4.55. The second-order valence-corrected chi connectivity index (χ2v) is 11.9. The van der Waals surface area contributed by atoms with Crippen molar-refractivity contribution in [1.82, 2.24) is 24.5 Å². The maximum absolute atomic E-state index is 14.0. The van der Waals surface area contributed by atoms with E-state index in [1.807, 2.05) is 40.4 Å². The molecule has 0 saturated carbocycles. The van der Waals surface area contributed by atoms with Crippen LogP contribution in [0.5, 0.6) is 0 Å². The largest absolute Gasteiger partial charge is 0.481 e. The average Bonchev–Trinajstić information content (AvgIpc) is 3.55. The molecule has 0 fully saturated rings. The quantitative estimate of drug-likeness (QED) is 0.296. The number of fused-ring (bicyclic) bond motifs is 5. The van der Waals surface area contributed by atoms with Gasteiger partial charge in [0, 0.05) is 49.7 Å². The van der Waals surface area contributed by atoms with Crippen LogP contribution in [0, 0.1) is 6.92 Å². The van der Waals surface area contributed by atoms with Crippen LogP contribution in [-0.4, -0.2) is 48.0 Å². The molecule has 8 heteroatoms. The van der Waals surface area contributed by atoms with Crippen molar-refractivity contribution in [2.24, 2.45) is 7.05 Å². The van der Waals surface area contributed by atoms with Crippen LogP contribution >= 0.6 is 0 Å². The Labute approximate surface area is 244 Å². The van der Waals surface area contributed by atoms with Crippen LogP contribution in [0.1, 0.15) is 75.3 Å². The maximum Gasteiger partial charge on any atom is 0.304 e. The molecule has 1 amide bonds. The molecule has 2 aromatic heterocycles. The van der Waals surface area contributed by atoms with Crippen LogP contribution in [0.25, 0.3) is 21.9 Å². The first kappa shape index (κ1) is 26.4. The number of carbonyl (C=O) groups is 2. The van der Waals surface area contributed by atoms with Gasteiger partial charge in [-0.1, -0.05) is 42.0 Å². The zero-order valence-electron chi connectivity index (χ0n) is 24.1. The third-order valence-electron chi connectivity index (χ3n) is 9.29. The first-order valence-electron chi connectivity index (χ1n) is 14.9. The lowest BCUT2D eigenvalue weighted by Gasteiger charge is -2.30. The molecule has 1 unspecified atom stereocenters. The van der Waals surface area contributed by atoms with E-state index in [0.717, 1.165) is 88.4 Å². The minimum absolute atomic E-state index is 0.0275. The molecule has 0 spiro atoms. The summed E-state index contributed by atoms with van der Waals surface area (Å²) in [5, 5.41) is 19.9. The number of hydrogen-bond acceptors (Lipinski definition) is 4. The smallest absolute Gasteiger partial charge is 0.304 e. The number of rotatable bonds is 2. The summed E-state index contributed by atoms with van der Waals surface area (Å²) < 4.78 is 4.02. The predicted octanol–water partition coefficient (Wildman–Crippen LogP) is 5.76. The van der Waals surface area contributed by atoms with E-state index in [9.17, 15) is 14.7 Å². The number of aryl methyl sites for hydroxylation is 4. The highest BCUT2D eigenvalue weighted by Crippen LogP contribution is 2.36. The maximum atomic E-state index is 14.0. The lowest BCUT2D eigenvalue weighted by molar-refractivity contribution is -0.137. The molecular weight excluding hydrogens is 526 g/mol. The molecular formula is C34H35N5O3. The molecule has 42 heavy (non-hydrogen) atoms. The van der Waals surface area contributed by atoms with Gasteiger partial charge in [0.25, 0.3) is 5.91 Å². The van der Waals surface area contributed by atoms with Gasteiger partial charge in [-0.3, -0.25) is 9.59 Å². The van der Waals surface area contributed by atoms with Gasteiger partial charge in [0.2, 0.25) is 0 Å². The Morgan fingerprint density at radius 2 is 1.83 bits per heavy atom. The number of carboxylic acid groups (broad SMARTS) is 1. The third-order valence-corrected chi connectivity index (χ3v) is 9.29. The van der Waals surface area contributed by atoms with Gasteiger partial charge in [-0.25, -0.2) is 4.68 Å². The van der Waals surface area contributed by atoms with Gasteiger partial charge in [0.1, 0.15) is 5.52 Å². The van der Waals surface area contributed by atoms with Gasteiger partial charge in [-0.15, -0.1) is 5.10 Å². The van der Waals surface area contributed by atoms with E-state index in [1.54, 1.807) is 0 Å². The summed E-state index contributed by atoms with van der Waals surface area (Å²) in [6.45, 7) is 3.97. The Kier molecular flexibility index (Phi) is 6.56. The minimum Gasteiger partial charge on any atom is -0.481 e. The van der Waals surface area contributed by atoms with Gasteiger partial charge in [-0.2, -0.15) is 0 Å². The Morgan fingerprint density at radius 1 is 0.976 bits per heavy atom. The topological polar surface area (TPSA) is 93.3 Å². The van der Waals surface area contributed by atoms with E-state index >= 15 is 0 Å². The summed E-state index contributed by atoms with van der Waals surface area (Å²) in [6.07, 6.45) is 6.77. The van der Waals surface area contributed by atoms with Crippen molar-refractivity contribution in [2.45, 2.75) is 64.5 Å². The number of aliphatic carboxylic acids is 1. The molecule has 0 radical (unpaired) electrons. The molecule has 5 aromatic rings. The molecule has 3 aliphatic heterocycles. The monoisotopic (exact) mass is 561 g/mol. The van der Waals surface area contributed by atoms with Gasteiger partial charge in [-0.05, 0) is 84.2 Å². The molecule has 3 aromatic carbocycles. The number of carbonyl (C=O) groups excluding carboxylic acids is 1. The Bertz CT molecular complexity index is 1870. The zero-order chi connectivity index (χ0) is 29.0. The molecule has 0 aliphatic carbocycles. The van der Waals surface area contributed by atoms with Crippen molar-refractivity contribution in [3.8, 4) is 0 Å². The normalized spacial score (nSPS) is 17.5. The van der Waals surface area contributed by atoms with E-state index in [2.05, 4.69) is 52.8 Å². The average molecular weight is 562 g/mol. The molecule has 9 bridgehead atoms. The van der Waals surface area contributed by atoms with E-state index in [0.29, 0.717) is 13.1 Å². The summed E-state index contributed by atoms with van der Waals surface area (Å²) in [4.78, 5) is 28.0. The van der Waals surface area contributed by atoms with Crippen LogP contribution < -0.4 is 0 Å². The van der Waals surface area contributed by atoms with Crippen molar-refractivity contribution in [3.63, 3.8) is 0 Å². The summed E-state index contributed by atoms with van der Waals surface area (Å²) in [7, 11) is 2.00. The number of hydrogen-bond donors (Lipinski definition) is 1. The fourth-order valence-corrected chi connectivity index (χ4v) is 6.98. The summed E-state index contributed by atoms with van der Waals surface area (Å²) >= 11 is 0. The number of carboxylic acids is 1. The van der Waals surface area contributed by atoms with Crippen LogP contribution in [-0.2, 0) is 37.8 Å². The molecule has 8 nitrogen and oxygen atoms in total. The Morgan fingerprint density at radius 3 is 2.69 bits per heavy atom. The van der Waals surface area contributed by atoms with Gasteiger partial charge < -0.3 is 14.6 Å². The van der Waals surface area contributed by atoms with Crippen molar-refractivity contribution in [1.29, 1.82) is 0 Å². The highest BCUT2D eigenvalue weighted by atomic mass is 16.4. The molecule has 3 aliphatic rings. The van der Waals surface area contributed by atoms with Gasteiger partial charge >= 0.3 is 5.97 Å². The fraction of sp³-hybridized carbons (Fsp3) is 0.353. The van der Waals surface area contributed by atoms with Crippen molar-refractivity contribution in [2.75, 3.05) is 6.54 Å². The Hall–Kier alpha value is -4.46. The molecule has 5 heterocycles. The number of amides is 1. The van der Waals surface area contributed by atoms with Crippen molar-refractivity contribution < 1.29 is 14.7 Å². The second kappa shape index (κ2) is 10.4. The first-order chi connectivity index (χ1) is 20.4. The summed E-state index contributed by atoms with van der Waals surface area (Å²) in [6, 6.07) is 16.9. The number of aromatic nitrogens is 4. The summed E-state index contributed by atoms with van der Waals surface area (Å²) in [5.41, 5.74) is 10.0. The molecule has 1 N–H and O–H groups in total. The SMILES string of the molecule is Cc1c2ccc3c1nnn3CCCCCc1ccc3c(c1)c(cn3C)C(=O)N1CCc3ccc(cc3C1)C2CC(=O)O. The minimum atomic E-state index is -0.849. The van der Waals surface area contributed by atoms with E-state index in [1.165, 1.54) is 11.1 Å². The van der Waals surface area contributed by atoms with E-state index < -0.39 is 5.97 Å². The Balaban J connectivity index is 1.34. The molecule has 1 atom stereocenters.